The van der Waals surface area contributed by atoms with E-state index in [9.17, 15) is 0 Å². The Hall–Kier alpha value is -1.94. The number of rotatable bonds is 10. The van der Waals surface area contributed by atoms with Crippen molar-refractivity contribution in [2.75, 3.05) is 40.5 Å². The number of methoxy groups -OCH3 is 2. The number of nitrogens with one attached hydrogen (secondary N) is 2. The van der Waals surface area contributed by atoms with Gasteiger partial charge >= 0.3 is 0 Å². The highest BCUT2D eigenvalue weighted by Crippen LogP contribution is 2.27. The molecule has 3 rings (SSSR count). The van der Waals surface area contributed by atoms with E-state index in [4.69, 9.17) is 23.6 Å². The van der Waals surface area contributed by atoms with Gasteiger partial charge < -0.3 is 29.3 Å². The summed E-state index contributed by atoms with van der Waals surface area (Å²) in [5, 5.41) is 6.81. The molecule has 2 heterocycles. The molecule has 1 aliphatic heterocycles. The minimum atomic E-state index is 0. The van der Waals surface area contributed by atoms with Crippen molar-refractivity contribution in [3.63, 3.8) is 0 Å². The van der Waals surface area contributed by atoms with E-state index >= 15 is 0 Å². The molecule has 8 heteroatoms. The largest absolute Gasteiger partial charge is 0.493 e. The van der Waals surface area contributed by atoms with E-state index < -0.39 is 0 Å². The van der Waals surface area contributed by atoms with Gasteiger partial charge in [0.1, 0.15) is 5.76 Å². The van der Waals surface area contributed by atoms with Gasteiger partial charge in [0.25, 0.3) is 0 Å². The number of aliphatic imine (C=N–C) groups is 1. The van der Waals surface area contributed by atoms with Gasteiger partial charge in [0.05, 0.1) is 33.1 Å². The lowest BCUT2D eigenvalue weighted by atomic mass is 10.1. The number of hydrogen-bond donors (Lipinski definition) is 2. The fourth-order valence-electron chi connectivity index (χ4n) is 3.28. The SMILES string of the molecule is COc1ccc(CCNC(=NCC2CCCO2)NCCc2ccco2)cc1OC.I. The number of hydrogen-bond acceptors (Lipinski definition) is 5. The molecule has 1 fully saturated rings. The maximum atomic E-state index is 5.68. The van der Waals surface area contributed by atoms with Gasteiger partial charge in [-0.15, -0.1) is 24.0 Å². The van der Waals surface area contributed by atoms with Crippen LogP contribution in [0.4, 0.5) is 0 Å². The van der Waals surface area contributed by atoms with E-state index in [-0.39, 0.29) is 30.1 Å². The Balaban J connectivity index is 0.00000320. The molecule has 1 atom stereocenters. The van der Waals surface area contributed by atoms with E-state index in [2.05, 4.69) is 16.7 Å². The van der Waals surface area contributed by atoms with Gasteiger partial charge in [-0.2, -0.15) is 0 Å². The van der Waals surface area contributed by atoms with Crippen molar-refractivity contribution >= 4 is 29.9 Å². The van der Waals surface area contributed by atoms with Crippen LogP contribution in [0.15, 0.2) is 46.0 Å². The van der Waals surface area contributed by atoms with E-state index in [1.807, 2.05) is 24.3 Å². The van der Waals surface area contributed by atoms with E-state index in [1.54, 1.807) is 20.5 Å². The van der Waals surface area contributed by atoms with Crippen molar-refractivity contribution in [2.45, 2.75) is 31.8 Å². The highest BCUT2D eigenvalue weighted by molar-refractivity contribution is 14.0. The molecular formula is C22H32IN3O4. The first-order valence-electron chi connectivity index (χ1n) is 10.2. The molecule has 2 N–H and O–H groups in total. The van der Waals surface area contributed by atoms with E-state index in [0.717, 1.165) is 68.6 Å². The molecule has 1 saturated heterocycles. The first-order valence-corrected chi connectivity index (χ1v) is 10.2. The molecule has 0 radical (unpaired) electrons. The number of halogens is 1. The van der Waals surface area contributed by atoms with Crippen LogP contribution in [0.3, 0.4) is 0 Å². The highest BCUT2D eigenvalue weighted by atomic mass is 127. The van der Waals surface area contributed by atoms with Crippen LogP contribution in [0.1, 0.15) is 24.2 Å². The Labute approximate surface area is 195 Å². The van der Waals surface area contributed by atoms with Gasteiger partial charge in [-0.05, 0) is 49.1 Å². The predicted octanol–water partition coefficient (Wildman–Crippen LogP) is 3.41. The molecule has 7 nitrogen and oxygen atoms in total. The summed E-state index contributed by atoms with van der Waals surface area (Å²) in [6.45, 7) is 3.02. The van der Waals surface area contributed by atoms with Crippen LogP contribution in [0.25, 0.3) is 0 Å². The third-order valence-corrected chi connectivity index (χ3v) is 4.88. The van der Waals surface area contributed by atoms with Gasteiger partial charge in [-0.1, -0.05) is 6.07 Å². The number of ether oxygens (including phenoxy) is 3. The normalized spacial score (nSPS) is 16.1. The Bertz CT molecular complexity index is 762. The molecular weight excluding hydrogens is 497 g/mol. The summed E-state index contributed by atoms with van der Waals surface area (Å²) in [6.07, 6.45) is 5.78. The second-order valence-electron chi connectivity index (χ2n) is 6.95. The highest BCUT2D eigenvalue weighted by Gasteiger charge is 2.15. The number of furan rings is 1. The zero-order valence-electron chi connectivity index (χ0n) is 17.7. The van der Waals surface area contributed by atoms with Crippen LogP contribution >= 0.6 is 24.0 Å². The summed E-state index contributed by atoms with van der Waals surface area (Å²) in [5.41, 5.74) is 1.17. The van der Waals surface area contributed by atoms with Crippen molar-refractivity contribution in [3.8, 4) is 11.5 Å². The average Bonchev–Trinajstić information content (AvgIpc) is 3.45. The van der Waals surface area contributed by atoms with Crippen molar-refractivity contribution in [1.82, 2.24) is 10.6 Å². The summed E-state index contributed by atoms with van der Waals surface area (Å²) in [4.78, 5) is 4.71. The summed E-state index contributed by atoms with van der Waals surface area (Å²) >= 11 is 0. The maximum absolute atomic E-state index is 5.68. The lowest BCUT2D eigenvalue weighted by Crippen LogP contribution is -2.40. The molecule has 1 unspecified atom stereocenters. The fraction of sp³-hybridized carbons (Fsp3) is 0.500. The van der Waals surface area contributed by atoms with Crippen LogP contribution in [0, 0.1) is 0 Å². The Morgan fingerprint density at radius 1 is 1.10 bits per heavy atom. The standard InChI is InChI=1S/C22H31N3O4.HI/c1-26-20-8-7-17(15-21(20)27-2)9-11-23-22(25-16-19-6-4-14-29-19)24-12-10-18-5-3-13-28-18;/h3,5,7-8,13,15,19H,4,6,9-12,14,16H2,1-2H3,(H2,23,24,25);1H. The molecule has 0 amide bonds. The smallest absolute Gasteiger partial charge is 0.191 e. The zero-order valence-corrected chi connectivity index (χ0v) is 20.0. The maximum Gasteiger partial charge on any atom is 0.191 e. The van der Waals surface area contributed by atoms with Crippen molar-refractivity contribution in [2.24, 2.45) is 4.99 Å². The minimum Gasteiger partial charge on any atom is -0.493 e. The number of guanidine groups is 1. The lowest BCUT2D eigenvalue weighted by Gasteiger charge is -2.14. The average molecular weight is 529 g/mol. The fourth-order valence-corrected chi connectivity index (χ4v) is 3.28. The Kier molecular flexibility index (Phi) is 10.9. The van der Waals surface area contributed by atoms with Crippen LogP contribution in [0.5, 0.6) is 11.5 Å². The van der Waals surface area contributed by atoms with Gasteiger partial charge in [-0.3, -0.25) is 4.99 Å². The van der Waals surface area contributed by atoms with Crippen molar-refractivity contribution < 1.29 is 18.6 Å². The summed E-state index contributed by atoms with van der Waals surface area (Å²) in [5.74, 6) is 3.24. The van der Waals surface area contributed by atoms with Gasteiger partial charge in [-0.25, -0.2) is 0 Å². The predicted molar refractivity (Wildman–Crippen MR) is 128 cm³/mol. The van der Waals surface area contributed by atoms with Crippen molar-refractivity contribution in [1.29, 1.82) is 0 Å². The van der Waals surface area contributed by atoms with E-state index in [1.165, 1.54) is 5.56 Å². The first kappa shape index (κ1) is 24.3. The second kappa shape index (κ2) is 13.4. The molecule has 2 aromatic rings. The van der Waals surface area contributed by atoms with Gasteiger partial charge in [0.15, 0.2) is 17.5 Å². The van der Waals surface area contributed by atoms with Crippen LogP contribution in [0.2, 0.25) is 0 Å². The monoisotopic (exact) mass is 529 g/mol. The van der Waals surface area contributed by atoms with Gasteiger partial charge in [0, 0.05) is 26.1 Å². The Morgan fingerprint density at radius 3 is 2.57 bits per heavy atom. The summed E-state index contributed by atoms with van der Waals surface area (Å²) < 4.78 is 21.8. The molecule has 1 aromatic heterocycles. The first-order chi connectivity index (χ1) is 14.3. The molecule has 0 spiro atoms. The molecule has 166 valence electrons. The molecule has 1 aliphatic rings. The van der Waals surface area contributed by atoms with Crippen molar-refractivity contribution in [3.05, 3.63) is 47.9 Å². The number of nitrogens with zero attached hydrogens (tertiary/aromatic N) is 1. The summed E-state index contributed by atoms with van der Waals surface area (Å²) in [6, 6.07) is 9.88. The third kappa shape index (κ3) is 7.71. The molecule has 1 aromatic carbocycles. The molecule has 0 saturated carbocycles. The second-order valence-corrected chi connectivity index (χ2v) is 6.95. The quantitative estimate of drug-likeness (QED) is 0.279. The minimum absolute atomic E-state index is 0. The van der Waals surface area contributed by atoms with Crippen LogP contribution in [-0.4, -0.2) is 52.5 Å². The molecule has 0 aliphatic carbocycles. The van der Waals surface area contributed by atoms with Gasteiger partial charge in [0.2, 0.25) is 0 Å². The topological polar surface area (TPSA) is 77.2 Å². The van der Waals surface area contributed by atoms with E-state index in [0.29, 0.717) is 6.54 Å². The summed E-state index contributed by atoms with van der Waals surface area (Å²) in [7, 11) is 3.29. The van der Waals surface area contributed by atoms with Crippen LogP contribution in [-0.2, 0) is 17.6 Å². The molecule has 30 heavy (non-hydrogen) atoms. The zero-order chi connectivity index (χ0) is 20.3. The lowest BCUT2D eigenvalue weighted by molar-refractivity contribution is 0.117. The van der Waals surface area contributed by atoms with Crippen LogP contribution < -0.4 is 20.1 Å². The Morgan fingerprint density at radius 2 is 1.90 bits per heavy atom. The third-order valence-electron chi connectivity index (χ3n) is 4.88. The molecule has 0 bridgehead atoms. The number of benzene rings is 1.